The van der Waals surface area contributed by atoms with Crippen molar-refractivity contribution in [3.63, 3.8) is 0 Å². The highest BCUT2D eigenvalue weighted by Gasteiger charge is 2.26. The summed E-state index contributed by atoms with van der Waals surface area (Å²) in [4.78, 5) is 14.7. The summed E-state index contributed by atoms with van der Waals surface area (Å²) in [5.41, 5.74) is 1.44. The molecule has 1 aliphatic rings. The van der Waals surface area contributed by atoms with E-state index >= 15 is 0 Å². The van der Waals surface area contributed by atoms with E-state index in [9.17, 15) is 13.2 Å². The van der Waals surface area contributed by atoms with Gasteiger partial charge in [-0.15, -0.1) is 0 Å². The SMILES string of the molecule is CCS(=O)(=O)c1ccc(C(=O)N2CCOC(c3ccc(Cl)cc3)C2)cc1. The third-order valence-electron chi connectivity index (χ3n) is 4.44. The molecule has 2 aromatic carbocycles. The number of hydrogen-bond acceptors (Lipinski definition) is 4. The fourth-order valence-electron chi connectivity index (χ4n) is 2.87. The van der Waals surface area contributed by atoms with Crippen LogP contribution in [-0.2, 0) is 14.6 Å². The second kappa shape index (κ2) is 7.78. The molecule has 0 N–H and O–H groups in total. The minimum Gasteiger partial charge on any atom is -0.370 e. The Labute approximate surface area is 158 Å². The topological polar surface area (TPSA) is 63.7 Å². The van der Waals surface area contributed by atoms with Crippen LogP contribution >= 0.6 is 11.6 Å². The Balaban J connectivity index is 1.74. The third kappa shape index (κ3) is 4.09. The van der Waals surface area contributed by atoms with E-state index in [-0.39, 0.29) is 22.7 Å². The number of nitrogens with zero attached hydrogens (tertiary/aromatic N) is 1. The maximum Gasteiger partial charge on any atom is 0.254 e. The molecule has 0 radical (unpaired) electrons. The van der Waals surface area contributed by atoms with Gasteiger partial charge in [0, 0.05) is 17.1 Å². The Bertz CT molecular complexity index is 879. The van der Waals surface area contributed by atoms with Gasteiger partial charge in [0.05, 0.1) is 23.8 Å². The predicted molar refractivity (Wildman–Crippen MR) is 100 cm³/mol. The molecule has 0 aliphatic carbocycles. The molecule has 1 unspecified atom stereocenters. The van der Waals surface area contributed by atoms with Gasteiger partial charge in [0.2, 0.25) is 0 Å². The quantitative estimate of drug-likeness (QED) is 0.799. The fourth-order valence-corrected chi connectivity index (χ4v) is 3.88. The maximum absolute atomic E-state index is 12.8. The van der Waals surface area contributed by atoms with Crippen molar-refractivity contribution >= 4 is 27.3 Å². The van der Waals surface area contributed by atoms with Crippen molar-refractivity contribution in [2.45, 2.75) is 17.9 Å². The van der Waals surface area contributed by atoms with Gasteiger partial charge in [0.25, 0.3) is 5.91 Å². The van der Waals surface area contributed by atoms with Crippen LogP contribution in [-0.4, -0.2) is 44.7 Å². The van der Waals surface area contributed by atoms with Crippen LogP contribution in [0.5, 0.6) is 0 Å². The molecule has 2 aromatic rings. The zero-order valence-electron chi connectivity index (χ0n) is 14.4. The van der Waals surface area contributed by atoms with E-state index in [1.807, 2.05) is 12.1 Å². The highest BCUT2D eigenvalue weighted by Crippen LogP contribution is 2.25. The lowest BCUT2D eigenvalue weighted by Crippen LogP contribution is -2.42. The summed E-state index contributed by atoms with van der Waals surface area (Å²) in [5.74, 6) is -0.0975. The summed E-state index contributed by atoms with van der Waals surface area (Å²) in [7, 11) is -3.27. The molecule has 5 nitrogen and oxygen atoms in total. The molecule has 26 heavy (non-hydrogen) atoms. The van der Waals surface area contributed by atoms with E-state index in [4.69, 9.17) is 16.3 Å². The van der Waals surface area contributed by atoms with Gasteiger partial charge in [-0.25, -0.2) is 8.42 Å². The minimum absolute atomic E-state index is 0.0343. The largest absolute Gasteiger partial charge is 0.370 e. The Hall–Kier alpha value is -1.89. The molecule has 1 saturated heterocycles. The lowest BCUT2D eigenvalue weighted by molar-refractivity contribution is -0.0228. The summed E-state index contributed by atoms with van der Waals surface area (Å²) >= 11 is 5.92. The standard InChI is InChI=1S/C19H20ClNO4S/c1-2-26(23,24)17-9-5-15(6-10-17)19(22)21-11-12-25-18(13-21)14-3-7-16(20)8-4-14/h3-10,18H,2,11-13H2,1H3. The number of ether oxygens (including phenoxy) is 1. The van der Waals surface area contributed by atoms with Gasteiger partial charge in [-0.2, -0.15) is 0 Å². The monoisotopic (exact) mass is 393 g/mol. The molecular formula is C19H20ClNO4S. The van der Waals surface area contributed by atoms with E-state index in [0.717, 1.165) is 5.56 Å². The van der Waals surface area contributed by atoms with Gasteiger partial charge in [0.1, 0.15) is 6.10 Å². The number of hydrogen-bond donors (Lipinski definition) is 0. The molecule has 1 heterocycles. The summed E-state index contributed by atoms with van der Waals surface area (Å²) in [6, 6.07) is 13.5. The number of carbonyl (C=O) groups is 1. The Morgan fingerprint density at radius 1 is 1.15 bits per heavy atom. The van der Waals surface area contributed by atoms with Crippen LogP contribution in [0.4, 0.5) is 0 Å². The van der Waals surface area contributed by atoms with Gasteiger partial charge >= 0.3 is 0 Å². The lowest BCUT2D eigenvalue weighted by atomic mass is 10.1. The van der Waals surface area contributed by atoms with Crippen molar-refractivity contribution in [2.24, 2.45) is 0 Å². The van der Waals surface area contributed by atoms with Crippen molar-refractivity contribution in [1.29, 1.82) is 0 Å². The summed E-state index contributed by atoms with van der Waals surface area (Å²) in [6.45, 7) is 2.98. The highest BCUT2D eigenvalue weighted by atomic mass is 35.5. The molecule has 3 rings (SSSR count). The molecule has 1 fully saturated rings. The van der Waals surface area contributed by atoms with Crippen LogP contribution in [0.3, 0.4) is 0 Å². The Kier molecular flexibility index (Phi) is 5.65. The highest BCUT2D eigenvalue weighted by molar-refractivity contribution is 7.91. The number of carbonyl (C=O) groups excluding carboxylic acids is 1. The van der Waals surface area contributed by atoms with Crippen molar-refractivity contribution < 1.29 is 17.9 Å². The van der Waals surface area contributed by atoms with Crippen LogP contribution in [0.25, 0.3) is 0 Å². The zero-order valence-corrected chi connectivity index (χ0v) is 16.0. The number of sulfone groups is 1. The summed E-state index contributed by atoms with van der Waals surface area (Å²) < 4.78 is 29.6. The number of benzene rings is 2. The van der Waals surface area contributed by atoms with Crippen molar-refractivity contribution in [3.05, 3.63) is 64.7 Å². The van der Waals surface area contributed by atoms with E-state index < -0.39 is 9.84 Å². The van der Waals surface area contributed by atoms with Crippen molar-refractivity contribution in [3.8, 4) is 0 Å². The molecule has 1 aliphatic heterocycles. The van der Waals surface area contributed by atoms with Crippen LogP contribution in [0.15, 0.2) is 53.4 Å². The Morgan fingerprint density at radius 2 is 1.81 bits per heavy atom. The first-order valence-corrected chi connectivity index (χ1v) is 10.4. The van der Waals surface area contributed by atoms with Crippen molar-refractivity contribution in [1.82, 2.24) is 4.90 Å². The van der Waals surface area contributed by atoms with Crippen LogP contribution in [0.2, 0.25) is 5.02 Å². The molecule has 7 heteroatoms. The molecule has 0 spiro atoms. The third-order valence-corrected chi connectivity index (χ3v) is 6.44. The fraction of sp³-hybridized carbons (Fsp3) is 0.316. The molecule has 1 atom stereocenters. The molecule has 1 amide bonds. The van der Waals surface area contributed by atoms with Gasteiger partial charge in [0.15, 0.2) is 9.84 Å². The van der Waals surface area contributed by atoms with Gasteiger partial charge in [-0.1, -0.05) is 30.7 Å². The predicted octanol–water partition coefficient (Wildman–Crippen LogP) is 3.35. The summed E-state index contributed by atoms with van der Waals surface area (Å²) in [6.07, 6.45) is -0.204. The van der Waals surface area contributed by atoms with E-state index in [1.54, 1.807) is 36.1 Å². The van der Waals surface area contributed by atoms with Gasteiger partial charge in [-0.3, -0.25) is 4.79 Å². The smallest absolute Gasteiger partial charge is 0.254 e. The first-order valence-electron chi connectivity index (χ1n) is 8.40. The lowest BCUT2D eigenvalue weighted by Gasteiger charge is -2.33. The number of amides is 1. The first kappa shape index (κ1) is 18.9. The van der Waals surface area contributed by atoms with Crippen molar-refractivity contribution in [2.75, 3.05) is 25.4 Å². The van der Waals surface area contributed by atoms with Gasteiger partial charge < -0.3 is 9.64 Å². The number of halogens is 1. The van der Waals surface area contributed by atoms with Crippen LogP contribution in [0.1, 0.15) is 28.9 Å². The summed E-state index contributed by atoms with van der Waals surface area (Å²) in [5, 5.41) is 0.652. The van der Waals surface area contributed by atoms with Crippen LogP contribution < -0.4 is 0 Å². The maximum atomic E-state index is 12.8. The molecule has 0 bridgehead atoms. The zero-order chi connectivity index (χ0) is 18.7. The van der Waals surface area contributed by atoms with Gasteiger partial charge in [-0.05, 0) is 42.0 Å². The van der Waals surface area contributed by atoms with E-state index in [2.05, 4.69) is 0 Å². The second-order valence-corrected chi connectivity index (χ2v) is 8.80. The average molecular weight is 394 g/mol. The molecule has 0 aromatic heterocycles. The number of rotatable bonds is 4. The normalized spacial score (nSPS) is 17.9. The molecule has 0 saturated carbocycles. The number of morpholine rings is 1. The first-order chi connectivity index (χ1) is 12.4. The molecule has 138 valence electrons. The van der Waals surface area contributed by atoms with E-state index in [1.165, 1.54) is 12.1 Å². The molecular weight excluding hydrogens is 374 g/mol. The van der Waals surface area contributed by atoms with Crippen LogP contribution in [0, 0.1) is 0 Å². The second-order valence-electron chi connectivity index (χ2n) is 6.09. The average Bonchev–Trinajstić information content (AvgIpc) is 2.68. The minimum atomic E-state index is -3.27. The van der Waals surface area contributed by atoms with E-state index in [0.29, 0.717) is 30.3 Å². The Morgan fingerprint density at radius 3 is 2.42 bits per heavy atom.